The molecular weight excluding hydrogens is 327 g/mol. The fourth-order valence-electron chi connectivity index (χ4n) is 2.46. The monoisotopic (exact) mass is 342 g/mol. The maximum absolute atomic E-state index is 13.5. The SMILES string of the molecule is Cc1nc2ncnn2c(C)c1CC(=O)NNC(=O)c1ccccc1F. The van der Waals surface area contributed by atoms with Gasteiger partial charge in [0.25, 0.3) is 11.7 Å². The Labute approximate surface area is 142 Å². The van der Waals surface area contributed by atoms with E-state index in [9.17, 15) is 14.0 Å². The topological polar surface area (TPSA) is 101 Å². The van der Waals surface area contributed by atoms with Gasteiger partial charge in [0.15, 0.2) is 0 Å². The standard InChI is InChI=1S/C16H15FN6O2/c1-9-12(10(2)23-16(20-9)18-8-19-23)7-14(24)21-22-15(25)11-5-3-4-6-13(11)17/h3-6,8H,7H2,1-2H3,(H,21,24)(H,22,25). The van der Waals surface area contributed by atoms with Gasteiger partial charge in [-0.2, -0.15) is 10.1 Å². The van der Waals surface area contributed by atoms with Crippen LogP contribution in [0.2, 0.25) is 0 Å². The number of halogens is 1. The zero-order valence-electron chi connectivity index (χ0n) is 13.6. The van der Waals surface area contributed by atoms with E-state index in [1.807, 2.05) is 0 Å². The van der Waals surface area contributed by atoms with Crippen LogP contribution in [-0.4, -0.2) is 31.4 Å². The molecule has 0 aliphatic heterocycles. The molecule has 0 saturated carbocycles. The van der Waals surface area contributed by atoms with Crippen LogP contribution in [0.4, 0.5) is 4.39 Å². The van der Waals surface area contributed by atoms with Gasteiger partial charge in [-0.05, 0) is 26.0 Å². The highest BCUT2D eigenvalue weighted by Gasteiger charge is 2.16. The fourth-order valence-corrected chi connectivity index (χ4v) is 2.46. The molecule has 3 aromatic rings. The van der Waals surface area contributed by atoms with E-state index in [4.69, 9.17) is 0 Å². The molecule has 2 N–H and O–H groups in total. The third-order valence-electron chi connectivity index (χ3n) is 3.76. The fraction of sp³-hybridized carbons (Fsp3) is 0.188. The molecule has 2 heterocycles. The van der Waals surface area contributed by atoms with E-state index in [-0.39, 0.29) is 12.0 Å². The molecule has 2 amide bonds. The first-order valence-electron chi connectivity index (χ1n) is 7.47. The maximum atomic E-state index is 13.5. The molecule has 0 spiro atoms. The van der Waals surface area contributed by atoms with Gasteiger partial charge in [-0.15, -0.1) is 0 Å². The zero-order valence-corrected chi connectivity index (χ0v) is 13.6. The van der Waals surface area contributed by atoms with Crippen molar-refractivity contribution in [1.82, 2.24) is 30.4 Å². The number of aromatic nitrogens is 4. The van der Waals surface area contributed by atoms with Crippen LogP contribution < -0.4 is 10.9 Å². The predicted octanol–water partition coefficient (Wildman–Crippen LogP) is 0.884. The minimum absolute atomic E-state index is 0.0159. The number of hydrogen-bond acceptors (Lipinski definition) is 5. The van der Waals surface area contributed by atoms with Gasteiger partial charge in [0.1, 0.15) is 12.1 Å². The van der Waals surface area contributed by atoms with Gasteiger partial charge in [0, 0.05) is 17.0 Å². The number of hydrazine groups is 1. The number of carbonyl (C=O) groups is 2. The van der Waals surface area contributed by atoms with Crippen LogP contribution in [-0.2, 0) is 11.2 Å². The van der Waals surface area contributed by atoms with E-state index in [0.717, 1.165) is 5.69 Å². The van der Waals surface area contributed by atoms with E-state index in [1.165, 1.54) is 35.1 Å². The smallest absolute Gasteiger partial charge is 0.272 e. The highest BCUT2D eigenvalue weighted by molar-refractivity contribution is 5.95. The van der Waals surface area contributed by atoms with Crippen molar-refractivity contribution in [2.45, 2.75) is 20.3 Å². The zero-order chi connectivity index (χ0) is 18.0. The van der Waals surface area contributed by atoms with Crippen LogP contribution in [0.3, 0.4) is 0 Å². The van der Waals surface area contributed by atoms with E-state index >= 15 is 0 Å². The molecule has 0 aliphatic rings. The molecular formula is C16H15FN6O2. The Kier molecular flexibility index (Phi) is 4.38. The van der Waals surface area contributed by atoms with Crippen molar-refractivity contribution >= 4 is 17.6 Å². The van der Waals surface area contributed by atoms with Crippen LogP contribution in [0, 0.1) is 19.7 Å². The molecule has 1 aromatic carbocycles. The Balaban J connectivity index is 1.69. The number of amides is 2. The average molecular weight is 342 g/mol. The molecule has 0 saturated heterocycles. The lowest BCUT2D eigenvalue weighted by molar-refractivity contribution is -0.121. The summed E-state index contributed by atoms with van der Waals surface area (Å²) >= 11 is 0. The number of benzene rings is 1. The number of carbonyl (C=O) groups excluding carboxylic acids is 2. The quantitative estimate of drug-likeness (QED) is 0.688. The van der Waals surface area contributed by atoms with Crippen molar-refractivity contribution in [3.8, 4) is 0 Å². The summed E-state index contributed by atoms with van der Waals surface area (Å²) in [6.07, 6.45) is 1.37. The van der Waals surface area contributed by atoms with Crippen molar-refractivity contribution in [2.24, 2.45) is 0 Å². The van der Waals surface area contributed by atoms with Gasteiger partial charge in [-0.1, -0.05) is 12.1 Å². The summed E-state index contributed by atoms with van der Waals surface area (Å²) in [5.74, 6) is -1.41. The van der Waals surface area contributed by atoms with Crippen molar-refractivity contribution < 1.29 is 14.0 Å². The Morgan fingerprint density at radius 1 is 1.20 bits per heavy atom. The summed E-state index contributed by atoms with van der Waals surface area (Å²) in [5, 5.41) is 4.05. The molecule has 0 atom stereocenters. The summed E-state index contributed by atoms with van der Waals surface area (Å²) in [4.78, 5) is 32.3. The number of fused-ring (bicyclic) bond motifs is 1. The van der Waals surface area contributed by atoms with Crippen molar-refractivity contribution in [2.75, 3.05) is 0 Å². The normalized spacial score (nSPS) is 10.7. The highest BCUT2D eigenvalue weighted by Crippen LogP contribution is 2.13. The van der Waals surface area contributed by atoms with E-state index < -0.39 is 17.6 Å². The summed E-state index contributed by atoms with van der Waals surface area (Å²) in [6.45, 7) is 3.57. The number of rotatable bonds is 3. The van der Waals surface area contributed by atoms with Gasteiger partial charge >= 0.3 is 0 Å². The Bertz CT molecular complexity index is 968. The van der Waals surface area contributed by atoms with E-state index in [0.29, 0.717) is 17.0 Å². The molecule has 2 aromatic heterocycles. The molecule has 0 fully saturated rings. The molecule has 25 heavy (non-hydrogen) atoms. The molecule has 0 unspecified atom stereocenters. The Morgan fingerprint density at radius 3 is 2.72 bits per heavy atom. The highest BCUT2D eigenvalue weighted by atomic mass is 19.1. The van der Waals surface area contributed by atoms with Gasteiger partial charge < -0.3 is 0 Å². The lowest BCUT2D eigenvalue weighted by Crippen LogP contribution is -2.42. The van der Waals surface area contributed by atoms with Gasteiger partial charge in [-0.25, -0.2) is 13.9 Å². The summed E-state index contributed by atoms with van der Waals surface area (Å²) in [6, 6.07) is 5.51. The molecule has 0 bridgehead atoms. The molecule has 3 rings (SSSR count). The number of aryl methyl sites for hydroxylation is 2. The van der Waals surface area contributed by atoms with Crippen molar-refractivity contribution in [1.29, 1.82) is 0 Å². The molecule has 9 heteroatoms. The summed E-state index contributed by atoms with van der Waals surface area (Å²) in [7, 11) is 0. The third kappa shape index (κ3) is 3.30. The third-order valence-corrected chi connectivity index (χ3v) is 3.76. The van der Waals surface area contributed by atoms with Crippen molar-refractivity contribution in [3.63, 3.8) is 0 Å². The largest absolute Gasteiger partial charge is 0.273 e. The van der Waals surface area contributed by atoms with Crippen LogP contribution in [0.15, 0.2) is 30.6 Å². The average Bonchev–Trinajstić information content (AvgIpc) is 3.05. The van der Waals surface area contributed by atoms with Crippen LogP contribution >= 0.6 is 0 Å². The molecule has 0 radical (unpaired) electrons. The van der Waals surface area contributed by atoms with Crippen LogP contribution in [0.25, 0.3) is 5.78 Å². The lowest BCUT2D eigenvalue weighted by Gasteiger charge is -2.11. The molecule has 0 aliphatic carbocycles. The number of nitrogens with one attached hydrogen (secondary N) is 2. The minimum atomic E-state index is -0.732. The van der Waals surface area contributed by atoms with E-state index in [2.05, 4.69) is 25.9 Å². The first-order chi connectivity index (χ1) is 12.0. The Morgan fingerprint density at radius 2 is 1.96 bits per heavy atom. The number of hydrogen-bond donors (Lipinski definition) is 2. The molecule has 8 nitrogen and oxygen atoms in total. The first-order valence-corrected chi connectivity index (χ1v) is 7.47. The van der Waals surface area contributed by atoms with Crippen LogP contribution in [0.5, 0.6) is 0 Å². The van der Waals surface area contributed by atoms with E-state index in [1.54, 1.807) is 13.8 Å². The number of nitrogens with zero attached hydrogens (tertiary/aromatic N) is 4. The lowest BCUT2D eigenvalue weighted by atomic mass is 10.1. The summed E-state index contributed by atoms with van der Waals surface area (Å²) < 4.78 is 15.1. The van der Waals surface area contributed by atoms with Gasteiger partial charge in [0.05, 0.1) is 12.0 Å². The second-order valence-corrected chi connectivity index (χ2v) is 5.39. The van der Waals surface area contributed by atoms with Gasteiger partial charge in [-0.3, -0.25) is 20.4 Å². The second-order valence-electron chi connectivity index (χ2n) is 5.39. The first kappa shape index (κ1) is 16.5. The molecule has 128 valence electrons. The van der Waals surface area contributed by atoms with Crippen LogP contribution in [0.1, 0.15) is 27.3 Å². The minimum Gasteiger partial charge on any atom is -0.273 e. The Hall–Kier alpha value is -3.36. The summed E-state index contributed by atoms with van der Waals surface area (Å²) in [5.41, 5.74) is 6.38. The maximum Gasteiger partial charge on any atom is 0.272 e. The van der Waals surface area contributed by atoms with Crippen molar-refractivity contribution in [3.05, 3.63) is 58.9 Å². The predicted molar refractivity (Wildman–Crippen MR) is 86.0 cm³/mol. The second kappa shape index (κ2) is 6.63. The van der Waals surface area contributed by atoms with Gasteiger partial charge in [0.2, 0.25) is 5.91 Å².